The number of nitrogen functional groups attached to an aromatic ring is 1. The largest absolute Gasteiger partial charge is 0.493 e. The van der Waals surface area contributed by atoms with Gasteiger partial charge in [-0.05, 0) is 36.2 Å². The molecule has 3 N–H and O–H groups in total. The van der Waals surface area contributed by atoms with Crippen LogP contribution in [0.15, 0.2) is 53.6 Å². The monoisotopic (exact) mass is 410 g/mol. The fraction of sp³-hybridized carbons (Fsp3) is 0.190. The molecule has 1 amide bonds. The zero-order chi connectivity index (χ0) is 20.6. The maximum absolute atomic E-state index is 12.1. The maximum atomic E-state index is 12.1. The number of ether oxygens (including phenoxy) is 2. The van der Waals surface area contributed by atoms with Crippen LogP contribution in [0.4, 0.5) is 5.13 Å². The number of hydrogen-bond acceptors (Lipinski definition) is 7. The van der Waals surface area contributed by atoms with Crippen LogP contribution in [0.3, 0.4) is 0 Å². The van der Waals surface area contributed by atoms with E-state index < -0.39 is 0 Å². The van der Waals surface area contributed by atoms with Crippen molar-refractivity contribution in [2.24, 2.45) is 5.10 Å². The van der Waals surface area contributed by atoms with E-state index in [2.05, 4.69) is 27.6 Å². The number of anilines is 1. The van der Waals surface area contributed by atoms with Crippen LogP contribution in [0.5, 0.6) is 11.5 Å². The molecular weight excluding hydrogens is 388 g/mol. The second-order valence-electron chi connectivity index (χ2n) is 6.16. The molecule has 2 aromatic carbocycles. The minimum Gasteiger partial charge on any atom is -0.493 e. The van der Waals surface area contributed by atoms with Crippen LogP contribution < -0.4 is 20.6 Å². The summed E-state index contributed by atoms with van der Waals surface area (Å²) in [5.74, 6) is 0.903. The number of thiazole rings is 1. The summed E-state index contributed by atoms with van der Waals surface area (Å²) in [7, 11) is 1.58. The number of aromatic nitrogens is 1. The van der Waals surface area contributed by atoms with E-state index in [-0.39, 0.29) is 5.91 Å². The number of rotatable bonds is 8. The highest BCUT2D eigenvalue weighted by Gasteiger charge is 2.13. The highest BCUT2D eigenvalue weighted by molar-refractivity contribution is 7.17. The fourth-order valence-electron chi connectivity index (χ4n) is 2.65. The molecule has 3 rings (SSSR count). The third kappa shape index (κ3) is 5.55. The van der Waals surface area contributed by atoms with Crippen molar-refractivity contribution >= 4 is 28.6 Å². The first-order chi connectivity index (χ1) is 14.1. The molecule has 0 aliphatic rings. The number of hydrazone groups is 1. The highest BCUT2D eigenvalue weighted by Crippen LogP contribution is 2.27. The van der Waals surface area contributed by atoms with E-state index in [0.29, 0.717) is 33.8 Å². The SMILES string of the molecule is COc1cc(C=NNC(=O)c2sc(N)nc2C)ccc1OCCc1ccccc1. The van der Waals surface area contributed by atoms with Gasteiger partial charge in [-0.1, -0.05) is 41.7 Å². The molecule has 29 heavy (non-hydrogen) atoms. The summed E-state index contributed by atoms with van der Waals surface area (Å²) in [6, 6.07) is 15.6. The summed E-state index contributed by atoms with van der Waals surface area (Å²) in [6.45, 7) is 2.27. The van der Waals surface area contributed by atoms with Crippen LogP contribution >= 0.6 is 11.3 Å². The van der Waals surface area contributed by atoms with Gasteiger partial charge >= 0.3 is 0 Å². The minimum atomic E-state index is -0.346. The summed E-state index contributed by atoms with van der Waals surface area (Å²) in [6.07, 6.45) is 2.34. The zero-order valence-electron chi connectivity index (χ0n) is 16.2. The van der Waals surface area contributed by atoms with Gasteiger partial charge in [-0.2, -0.15) is 5.10 Å². The quantitative estimate of drug-likeness (QED) is 0.438. The number of benzene rings is 2. The molecule has 0 aliphatic carbocycles. The summed E-state index contributed by atoms with van der Waals surface area (Å²) in [4.78, 5) is 16.6. The van der Waals surface area contributed by atoms with Crippen molar-refractivity contribution in [1.82, 2.24) is 10.4 Å². The summed E-state index contributed by atoms with van der Waals surface area (Å²) < 4.78 is 11.3. The summed E-state index contributed by atoms with van der Waals surface area (Å²) >= 11 is 1.13. The first-order valence-electron chi connectivity index (χ1n) is 8.98. The van der Waals surface area contributed by atoms with Gasteiger partial charge in [0.05, 0.1) is 25.6 Å². The molecule has 8 heteroatoms. The third-order valence-electron chi connectivity index (χ3n) is 4.08. The van der Waals surface area contributed by atoms with Gasteiger partial charge in [-0.25, -0.2) is 10.4 Å². The lowest BCUT2D eigenvalue weighted by Crippen LogP contribution is -2.17. The van der Waals surface area contributed by atoms with Gasteiger partial charge in [0.15, 0.2) is 16.6 Å². The standard InChI is InChI=1S/C21H22N4O3S/c1-14-19(29-21(22)24-14)20(26)25-23-13-16-8-9-17(18(12-16)27-2)28-11-10-15-6-4-3-5-7-15/h3-9,12-13H,10-11H2,1-2H3,(H2,22,24)(H,25,26). The molecule has 0 atom stereocenters. The fourth-order valence-corrected chi connectivity index (χ4v) is 3.37. The van der Waals surface area contributed by atoms with Crippen LogP contribution in [-0.4, -0.2) is 30.8 Å². The molecule has 3 aromatic rings. The Morgan fingerprint density at radius 1 is 1.24 bits per heavy atom. The van der Waals surface area contributed by atoms with E-state index in [0.717, 1.165) is 23.3 Å². The van der Waals surface area contributed by atoms with Gasteiger partial charge in [0, 0.05) is 6.42 Å². The molecule has 7 nitrogen and oxygen atoms in total. The minimum absolute atomic E-state index is 0.346. The van der Waals surface area contributed by atoms with Crippen molar-refractivity contribution in [3.05, 3.63) is 70.2 Å². The smallest absolute Gasteiger partial charge is 0.283 e. The average Bonchev–Trinajstić information content (AvgIpc) is 3.07. The van der Waals surface area contributed by atoms with E-state index in [1.165, 1.54) is 11.8 Å². The Balaban J connectivity index is 1.58. The summed E-state index contributed by atoms with van der Waals surface area (Å²) in [5, 5.41) is 4.34. The van der Waals surface area contributed by atoms with Gasteiger partial charge in [0.1, 0.15) is 4.88 Å². The number of carbonyl (C=O) groups excluding carboxylic acids is 1. The number of aryl methyl sites for hydroxylation is 1. The molecule has 1 heterocycles. The predicted molar refractivity (Wildman–Crippen MR) is 115 cm³/mol. The second kappa shape index (κ2) is 9.70. The van der Waals surface area contributed by atoms with Crippen LogP contribution in [0.25, 0.3) is 0 Å². The number of methoxy groups -OCH3 is 1. The van der Waals surface area contributed by atoms with Crippen molar-refractivity contribution in [3.63, 3.8) is 0 Å². The first-order valence-corrected chi connectivity index (χ1v) is 9.79. The van der Waals surface area contributed by atoms with Crippen LogP contribution in [0.2, 0.25) is 0 Å². The number of nitrogens with two attached hydrogens (primary N) is 1. The number of hydrogen-bond donors (Lipinski definition) is 2. The Hall–Kier alpha value is -3.39. The molecule has 0 spiro atoms. The lowest BCUT2D eigenvalue weighted by molar-refractivity contribution is 0.0958. The lowest BCUT2D eigenvalue weighted by atomic mass is 10.2. The van der Waals surface area contributed by atoms with Crippen LogP contribution in [-0.2, 0) is 6.42 Å². The molecule has 0 saturated carbocycles. The number of amides is 1. The molecule has 1 aromatic heterocycles. The Morgan fingerprint density at radius 2 is 2.03 bits per heavy atom. The molecule has 0 aliphatic heterocycles. The van der Waals surface area contributed by atoms with Gasteiger partial charge < -0.3 is 15.2 Å². The van der Waals surface area contributed by atoms with Crippen LogP contribution in [0.1, 0.15) is 26.5 Å². The molecule has 0 unspecified atom stereocenters. The molecule has 0 bridgehead atoms. The third-order valence-corrected chi connectivity index (χ3v) is 5.06. The predicted octanol–water partition coefficient (Wildman–Crippen LogP) is 3.43. The second-order valence-corrected chi connectivity index (χ2v) is 7.19. The molecule has 0 saturated heterocycles. The Labute approximate surface area is 173 Å². The van der Waals surface area contributed by atoms with E-state index in [1.54, 1.807) is 20.1 Å². The van der Waals surface area contributed by atoms with E-state index in [1.807, 2.05) is 30.3 Å². The van der Waals surface area contributed by atoms with E-state index in [4.69, 9.17) is 15.2 Å². The van der Waals surface area contributed by atoms with Crippen molar-refractivity contribution in [2.75, 3.05) is 19.5 Å². The average molecular weight is 410 g/mol. The lowest BCUT2D eigenvalue weighted by Gasteiger charge is -2.11. The normalized spacial score (nSPS) is 10.8. The van der Waals surface area contributed by atoms with Crippen molar-refractivity contribution in [2.45, 2.75) is 13.3 Å². The number of carbonyl (C=O) groups is 1. The Bertz CT molecular complexity index is 1000. The maximum Gasteiger partial charge on any atom is 0.283 e. The van der Waals surface area contributed by atoms with Crippen molar-refractivity contribution < 1.29 is 14.3 Å². The van der Waals surface area contributed by atoms with Gasteiger partial charge in [0.2, 0.25) is 0 Å². The van der Waals surface area contributed by atoms with Gasteiger partial charge in [-0.15, -0.1) is 0 Å². The first kappa shape index (κ1) is 20.3. The van der Waals surface area contributed by atoms with E-state index >= 15 is 0 Å². The molecular formula is C21H22N4O3S. The molecule has 0 fully saturated rings. The van der Waals surface area contributed by atoms with Gasteiger partial charge in [0.25, 0.3) is 5.91 Å². The zero-order valence-corrected chi connectivity index (χ0v) is 17.0. The molecule has 0 radical (unpaired) electrons. The Kier molecular flexibility index (Phi) is 6.80. The highest BCUT2D eigenvalue weighted by atomic mass is 32.1. The van der Waals surface area contributed by atoms with Crippen LogP contribution in [0, 0.1) is 6.92 Å². The van der Waals surface area contributed by atoms with Crippen molar-refractivity contribution in [1.29, 1.82) is 0 Å². The Morgan fingerprint density at radius 3 is 2.72 bits per heavy atom. The molecule has 150 valence electrons. The van der Waals surface area contributed by atoms with Crippen molar-refractivity contribution in [3.8, 4) is 11.5 Å². The summed E-state index contributed by atoms with van der Waals surface area (Å²) in [5.41, 5.74) is 10.6. The number of nitrogens with one attached hydrogen (secondary N) is 1. The topological polar surface area (TPSA) is 98.8 Å². The van der Waals surface area contributed by atoms with E-state index in [9.17, 15) is 4.79 Å². The van der Waals surface area contributed by atoms with Gasteiger partial charge in [-0.3, -0.25) is 4.79 Å². The number of nitrogens with zero attached hydrogens (tertiary/aromatic N) is 2.